The Morgan fingerprint density at radius 2 is 1.85 bits per heavy atom. The number of anilines is 1. The van der Waals surface area contributed by atoms with Gasteiger partial charge in [-0.2, -0.15) is 0 Å². The molecular weight excluding hydrogens is 518 g/mol. The van der Waals surface area contributed by atoms with Gasteiger partial charge in [-0.1, -0.05) is 49.7 Å². The minimum Gasteiger partial charge on any atom is -0.503 e. The monoisotopic (exact) mass is 545 g/mol. The number of benzene rings is 3. The number of amides is 1. The van der Waals surface area contributed by atoms with Crippen molar-refractivity contribution >= 4 is 39.9 Å². The number of ether oxygens (including phenoxy) is 2. The van der Waals surface area contributed by atoms with E-state index >= 15 is 0 Å². The fourth-order valence-electron chi connectivity index (χ4n) is 4.69. The SMILES string of the molecule is COc1cc(Cl)cc2cc(C(=O)C3=C(O)C(=O)N(c4cccc(C)c4)C3c3ccc(OCC(C)C)cc3)oc12. The van der Waals surface area contributed by atoms with Gasteiger partial charge in [0.2, 0.25) is 5.78 Å². The Labute approximate surface area is 231 Å². The van der Waals surface area contributed by atoms with Crippen LogP contribution in [0.3, 0.4) is 0 Å². The summed E-state index contributed by atoms with van der Waals surface area (Å²) in [5.41, 5.74) is 2.37. The summed E-state index contributed by atoms with van der Waals surface area (Å²) in [4.78, 5) is 28.9. The molecule has 1 unspecified atom stereocenters. The van der Waals surface area contributed by atoms with Crippen LogP contribution in [0.1, 0.15) is 41.6 Å². The molecule has 0 saturated carbocycles. The Hall–Kier alpha value is -4.23. The van der Waals surface area contributed by atoms with Gasteiger partial charge in [0.25, 0.3) is 5.91 Å². The Morgan fingerprint density at radius 3 is 2.51 bits per heavy atom. The van der Waals surface area contributed by atoms with Crippen LogP contribution in [0.4, 0.5) is 5.69 Å². The third-order valence-corrected chi connectivity index (χ3v) is 6.72. The first-order valence-corrected chi connectivity index (χ1v) is 12.9. The van der Waals surface area contributed by atoms with E-state index in [9.17, 15) is 14.7 Å². The van der Waals surface area contributed by atoms with Crippen molar-refractivity contribution in [2.24, 2.45) is 5.92 Å². The van der Waals surface area contributed by atoms with Crippen LogP contribution in [0.25, 0.3) is 11.0 Å². The van der Waals surface area contributed by atoms with Crippen LogP contribution in [0.15, 0.2) is 82.5 Å². The third-order valence-electron chi connectivity index (χ3n) is 6.50. The molecule has 8 heteroatoms. The van der Waals surface area contributed by atoms with Crippen LogP contribution < -0.4 is 14.4 Å². The van der Waals surface area contributed by atoms with E-state index in [1.165, 1.54) is 18.1 Å². The molecule has 2 heterocycles. The molecule has 39 heavy (non-hydrogen) atoms. The van der Waals surface area contributed by atoms with Crippen molar-refractivity contribution in [1.29, 1.82) is 0 Å². The van der Waals surface area contributed by atoms with Crippen molar-refractivity contribution in [3.05, 3.63) is 100.0 Å². The van der Waals surface area contributed by atoms with Crippen molar-refractivity contribution in [3.63, 3.8) is 0 Å². The molecule has 0 bridgehead atoms. The van der Waals surface area contributed by atoms with E-state index < -0.39 is 23.5 Å². The number of aliphatic hydroxyl groups excluding tert-OH is 1. The molecule has 0 aliphatic carbocycles. The van der Waals surface area contributed by atoms with E-state index in [-0.39, 0.29) is 11.3 Å². The topological polar surface area (TPSA) is 89.2 Å². The Kier molecular flexibility index (Phi) is 7.10. The Bertz CT molecular complexity index is 1600. The molecule has 1 aliphatic heterocycles. The summed E-state index contributed by atoms with van der Waals surface area (Å²) in [5.74, 6) is -0.574. The number of carbonyl (C=O) groups excluding carboxylic acids is 2. The summed E-state index contributed by atoms with van der Waals surface area (Å²) < 4.78 is 17.1. The number of fused-ring (bicyclic) bond motifs is 1. The van der Waals surface area contributed by atoms with Crippen molar-refractivity contribution in [3.8, 4) is 11.5 Å². The highest BCUT2D eigenvalue weighted by atomic mass is 35.5. The highest BCUT2D eigenvalue weighted by Crippen LogP contribution is 2.43. The molecule has 5 rings (SSSR count). The summed E-state index contributed by atoms with van der Waals surface area (Å²) in [6, 6.07) is 18.4. The van der Waals surface area contributed by atoms with E-state index in [0.717, 1.165) is 5.56 Å². The van der Waals surface area contributed by atoms with Crippen molar-refractivity contribution < 1.29 is 28.6 Å². The van der Waals surface area contributed by atoms with Crippen molar-refractivity contribution in [2.75, 3.05) is 18.6 Å². The summed E-state index contributed by atoms with van der Waals surface area (Å²) in [6.45, 7) is 6.59. The van der Waals surface area contributed by atoms with Crippen LogP contribution in [0.2, 0.25) is 5.02 Å². The highest BCUT2D eigenvalue weighted by molar-refractivity contribution is 6.31. The van der Waals surface area contributed by atoms with Gasteiger partial charge in [0.15, 0.2) is 22.9 Å². The second kappa shape index (κ2) is 10.5. The standard InChI is InChI=1S/C31H28ClNO6/c1-17(2)16-38-23-10-8-19(9-11-23)27-26(29(35)31(36)33(27)22-7-5-6-18(3)12-22)28(34)24-14-20-13-21(32)15-25(37-4)30(20)39-24/h5-15,17,27,35H,16H2,1-4H3. The summed E-state index contributed by atoms with van der Waals surface area (Å²) >= 11 is 6.20. The lowest BCUT2D eigenvalue weighted by Crippen LogP contribution is -2.31. The number of nitrogens with zero attached hydrogens (tertiary/aromatic N) is 1. The molecule has 1 amide bonds. The summed E-state index contributed by atoms with van der Waals surface area (Å²) in [5, 5.41) is 12.1. The molecule has 200 valence electrons. The maximum absolute atomic E-state index is 13.9. The number of halogens is 1. The van der Waals surface area contributed by atoms with Gasteiger partial charge in [-0.25, -0.2) is 0 Å². The lowest BCUT2D eigenvalue weighted by molar-refractivity contribution is -0.117. The molecule has 7 nitrogen and oxygen atoms in total. The number of aryl methyl sites for hydroxylation is 1. The molecule has 0 saturated heterocycles. The molecule has 1 aliphatic rings. The first-order chi connectivity index (χ1) is 18.7. The van der Waals surface area contributed by atoms with Crippen LogP contribution in [0, 0.1) is 12.8 Å². The molecule has 0 radical (unpaired) electrons. The third kappa shape index (κ3) is 4.98. The van der Waals surface area contributed by atoms with E-state index in [4.69, 9.17) is 25.5 Å². The molecule has 3 aromatic carbocycles. The van der Waals surface area contributed by atoms with E-state index in [1.807, 2.05) is 25.1 Å². The summed E-state index contributed by atoms with van der Waals surface area (Å²) in [7, 11) is 1.48. The fourth-order valence-corrected chi connectivity index (χ4v) is 4.90. The number of carbonyl (C=O) groups is 2. The van der Waals surface area contributed by atoms with Gasteiger partial charge in [-0.3, -0.25) is 14.5 Å². The van der Waals surface area contributed by atoms with E-state index in [0.29, 0.717) is 51.3 Å². The van der Waals surface area contributed by atoms with Crippen molar-refractivity contribution in [2.45, 2.75) is 26.8 Å². The number of furan rings is 1. The van der Waals surface area contributed by atoms with Crippen LogP contribution in [-0.2, 0) is 4.79 Å². The van der Waals surface area contributed by atoms with Gasteiger partial charge in [0.05, 0.1) is 25.3 Å². The zero-order chi connectivity index (χ0) is 27.8. The molecule has 1 atom stereocenters. The largest absolute Gasteiger partial charge is 0.503 e. The second-order valence-corrected chi connectivity index (χ2v) is 10.4. The second-order valence-electron chi connectivity index (χ2n) is 9.92. The predicted octanol–water partition coefficient (Wildman–Crippen LogP) is 7.22. The van der Waals surface area contributed by atoms with Gasteiger partial charge in [-0.15, -0.1) is 0 Å². The van der Waals surface area contributed by atoms with Crippen LogP contribution in [-0.4, -0.2) is 30.5 Å². The lowest BCUT2D eigenvalue weighted by Gasteiger charge is -2.27. The number of methoxy groups -OCH3 is 1. The molecule has 4 aromatic rings. The number of Topliss-reactive ketones (excluding diaryl/α,β-unsaturated/α-hetero) is 1. The Balaban J connectivity index is 1.61. The quantitative estimate of drug-likeness (QED) is 0.235. The Morgan fingerprint density at radius 1 is 1.10 bits per heavy atom. The highest BCUT2D eigenvalue weighted by Gasteiger charge is 2.45. The normalized spacial score (nSPS) is 15.5. The maximum Gasteiger partial charge on any atom is 0.294 e. The van der Waals surface area contributed by atoms with Crippen LogP contribution in [0.5, 0.6) is 11.5 Å². The first-order valence-electron chi connectivity index (χ1n) is 12.6. The number of hydrogen-bond donors (Lipinski definition) is 1. The minimum absolute atomic E-state index is 0.0482. The zero-order valence-electron chi connectivity index (χ0n) is 22.0. The average Bonchev–Trinajstić information content (AvgIpc) is 3.45. The molecule has 0 fully saturated rings. The molecular formula is C31H28ClNO6. The predicted molar refractivity (Wildman–Crippen MR) is 150 cm³/mol. The van der Waals surface area contributed by atoms with E-state index in [1.54, 1.807) is 42.5 Å². The average molecular weight is 546 g/mol. The number of ketones is 1. The van der Waals surface area contributed by atoms with Crippen LogP contribution >= 0.6 is 11.6 Å². The van der Waals surface area contributed by atoms with Gasteiger partial charge in [-0.05, 0) is 60.4 Å². The maximum atomic E-state index is 13.9. The van der Waals surface area contributed by atoms with Crippen molar-refractivity contribution in [1.82, 2.24) is 0 Å². The van der Waals surface area contributed by atoms with Gasteiger partial charge >= 0.3 is 0 Å². The molecule has 1 N–H and O–H groups in total. The number of hydrogen-bond acceptors (Lipinski definition) is 6. The lowest BCUT2D eigenvalue weighted by atomic mass is 9.94. The smallest absolute Gasteiger partial charge is 0.294 e. The zero-order valence-corrected chi connectivity index (χ0v) is 22.8. The number of rotatable bonds is 8. The molecule has 0 spiro atoms. The van der Waals surface area contributed by atoms with E-state index in [2.05, 4.69) is 13.8 Å². The molecule has 1 aromatic heterocycles. The van der Waals surface area contributed by atoms with Gasteiger partial charge in [0, 0.05) is 22.2 Å². The van der Waals surface area contributed by atoms with Gasteiger partial charge < -0.3 is 19.0 Å². The summed E-state index contributed by atoms with van der Waals surface area (Å²) in [6.07, 6.45) is 0. The van der Waals surface area contributed by atoms with Gasteiger partial charge in [0.1, 0.15) is 5.75 Å². The first kappa shape index (κ1) is 26.4. The number of aliphatic hydroxyl groups is 1. The fraction of sp³-hybridized carbons (Fsp3) is 0.226. The minimum atomic E-state index is -0.898.